The molecule has 0 heterocycles. The van der Waals surface area contributed by atoms with Crippen LogP contribution in [0.25, 0.3) is 99.1 Å². The molecule has 2 aliphatic carbocycles. The normalized spacial score (nSPS) is 13.5. The average Bonchev–Trinajstić information content (AvgIpc) is 3.63. The summed E-state index contributed by atoms with van der Waals surface area (Å²) in [5, 5.41) is 7.81. The lowest BCUT2D eigenvalue weighted by atomic mass is 9.80. The van der Waals surface area contributed by atoms with Crippen LogP contribution >= 0.6 is 0 Å². The average molecular weight is 647 g/mol. The second-order valence-electron chi connectivity index (χ2n) is 14.8. The Morgan fingerprint density at radius 1 is 0.294 bits per heavy atom. The predicted molar refractivity (Wildman–Crippen MR) is 217 cm³/mol. The third kappa shape index (κ3) is 4.02. The van der Waals surface area contributed by atoms with Crippen molar-refractivity contribution in [3.05, 3.63) is 181 Å². The summed E-state index contributed by atoms with van der Waals surface area (Å²) in [7, 11) is 0. The highest BCUT2D eigenvalue weighted by molar-refractivity contribution is 6.20. The Hall–Kier alpha value is -6.24. The molecular formula is C51H34. The molecular weight excluding hydrogens is 613 g/mol. The lowest BCUT2D eigenvalue weighted by molar-refractivity contribution is 0.661. The second kappa shape index (κ2) is 10.4. The molecule has 0 saturated carbocycles. The van der Waals surface area contributed by atoms with Gasteiger partial charge in [-0.25, -0.2) is 0 Å². The third-order valence-corrected chi connectivity index (χ3v) is 11.8. The molecule has 9 aromatic rings. The van der Waals surface area contributed by atoms with E-state index in [1.807, 2.05) is 0 Å². The van der Waals surface area contributed by atoms with E-state index in [9.17, 15) is 0 Å². The van der Waals surface area contributed by atoms with Crippen molar-refractivity contribution in [3.63, 3.8) is 0 Å². The van der Waals surface area contributed by atoms with Crippen LogP contribution in [0.1, 0.15) is 25.0 Å². The second-order valence-corrected chi connectivity index (χ2v) is 14.8. The Bertz CT molecular complexity index is 2910. The molecule has 0 nitrogen and oxygen atoms in total. The Morgan fingerprint density at radius 3 is 1.53 bits per heavy atom. The first-order valence-corrected chi connectivity index (χ1v) is 18.0. The van der Waals surface area contributed by atoms with Gasteiger partial charge in [0.05, 0.1) is 0 Å². The number of hydrogen-bond acceptors (Lipinski definition) is 0. The van der Waals surface area contributed by atoms with E-state index >= 15 is 0 Å². The van der Waals surface area contributed by atoms with Crippen molar-refractivity contribution in [1.29, 1.82) is 0 Å². The highest BCUT2D eigenvalue weighted by Gasteiger charge is 2.36. The maximum atomic E-state index is 2.46. The molecule has 0 unspecified atom stereocenters. The first-order valence-electron chi connectivity index (χ1n) is 18.0. The van der Waals surface area contributed by atoms with Gasteiger partial charge in [0.25, 0.3) is 0 Å². The van der Waals surface area contributed by atoms with E-state index in [0.717, 1.165) is 0 Å². The smallest absolute Gasteiger partial charge is 0.0159 e. The topological polar surface area (TPSA) is 0 Å². The zero-order valence-electron chi connectivity index (χ0n) is 28.7. The Kier molecular flexibility index (Phi) is 5.82. The standard InChI is InChI=1S/C51H34/c1-51(2)48-29-34(33-19-18-31-10-3-4-11-32(31)28-33)20-22-43(48)44-23-21-35(30-49(44)51)36-24-25-41(38-13-6-5-12-37(36)38)42-26-27-47-40-15-8-7-14-39(40)45-16-9-17-46(42)50(45)47/h3-30H,1-2H3. The summed E-state index contributed by atoms with van der Waals surface area (Å²) >= 11 is 0. The van der Waals surface area contributed by atoms with Gasteiger partial charge in [-0.3, -0.25) is 0 Å². The molecule has 0 aliphatic heterocycles. The van der Waals surface area contributed by atoms with Crippen LogP contribution < -0.4 is 0 Å². The third-order valence-electron chi connectivity index (χ3n) is 11.8. The molecule has 238 valence electrons. The quantitative estimate of drug-likeness (QED) is 0.179. The van der Waals surface area contributed by atoms with Crippen LogP contribution in [0.15, 0.2) is 170 Å². The van der Waals surface area contributed by atoms with Crippen molar-refractivity contribution in [2.45, 2.75) is 19.3 Å². The minimum Gasteiger partial charge on any atom is -0.0616 e. The van der Waals surface area contributed by atoms with Gasteiger partial charge in [0, 0.05) is 5.41 Å². The van der Waals surface area contributed by atoms with Crippen LogP contribution in [0.4, 0.5) is 0 Å². The molecule has 0 bridgehead atoms. The molecule has 0 saturated heterocycles. The molecule has 11 rings (SSSR count). The van der Waals surface area contributed by atoms with Crippen LogP contribution in [0, 0.1) is 0 Å². The van der Waals surface area contributed by atoms with Gasteiger partial charge in [-0.05, 0) is 128 Å². The van der Waals surface area contributed by atoms with Gasteiger partial charge < -0.3 is 0 Å². The van der Waals surface area contributed by atoms with Gasteiger partial charge in [-0.15, -0.1) is 0 Å². The fourth-order valence-corrected chi connectivity index (χ4v) is 9.28. The summed E-state index contributed by atoms with van der Waals surface area (Å²) in [5.41, 5.74) is 18.4. The van der Waals surface area contributed by atoms with E-state index in [1.165, 1.54) is 110 Å². The van der Waals surface area contributed by atoms with Crippen LogP contribution in [-0.2, 0) is 5.41 Å². The minimum absolute atomic E-state index is 0.120. The van der Waals surface area contributed by atoms with E-state index in [4.69, 9.17) is 0 Å². The predicted octanol–water partition coefficient (Wildman–Crippen LogP) is 14.1. The molecule has 2 aliphatic rings. The van der Waals surface area contributed by atoms with Gasteiger partial charge in [0.1, 0.15) is 0 Å². The largest absolute Gasteiger partial charge is 0.0616 e. The van der Waals surface area contributed by atoms with Crippen molar-refractivity contribution in [2.75, 3.05) is 0 Å². The van der Waals surface area contributed by atoms with Crippen molar-refractivity contribution in [1.82, 2.24) is 0 Å². The molecule has 0 aromatic heterocycles. The van der Waals surface area contributed by atoms with Crippen LogP contribution in [0.2, 0.25) is 0 Å². The summed E-state index contributed by atoms with van der Waals surface area (Å²) in [6.45, 7) is 4.78. The molecule has 0 heteroatoms. The van der Waals surface area contributed by atoms with E-state index in [0.29, 0.717) is 0 Å². The molecule has 0 spiro atoms. The van der Waals surface area contributed by atoms with Gasteiger partial charge in [-0.1, -0.05) is 166 Å². The summed E-state index contributed by atoms with van der Waals surface area (Å²) in [5.74, 6) is 0. The van der Waals surface area contributed by atoms with Gasteiger partial charge in [-0.2, -0.15) is 0 Å². The van der Waals surface area contributed by atoms with Crippen molar-refractivity contribution >= 4 is 32.3 Å². The highest BCUT2D eigenvalue weighted by Crippen LogP contribution is 2.52. The molecule has 0 fully saturated rings. The van der Waals surface area contributed by atoms with Gasteiger partial charge in [0.15, 0.2) is 0 Å². The number of hydrogen-bond donors (Lipinski definition) is 0. The van der Waals surface area contributed by atoms with E-state index in [1.54, 1.807) is 0 Å². The maximum Gasteiger partial charge on any atom is 0.0159 e. The number of rotatable bonds is 3. The monoisotopic (exact) mass is 646 g/mol. The van der Waals surface area contributed by atoms with Crippen molar-refractivity contribution < 1.29 is 0 Å². The van der Waals surface area contributed by atoms with Crippen LogP contribution in [0.5, 0.6) is 0 Å². The zero-order valence-corrected chi connectivity index (χ0v) is 28.7. The minimum atomic E-state index is -0.120. The lowest BCUT2D eigenvalue weighted by Gasteiger charge is -2.23. The summed E-state index contributed by atoms with van der Waals surface area (Å²) in [6.07, 6.45) is 0. The van der Waals surface area contributed by atoms with Crippen LogP contribution in [0.3, 0.4) is 0 Å². The lowest BCUT2D eigenvalue weighted by Crippen LogP contribution is -2.15. The number of fused-ring (bicyclic) bond motifs is 8. The SMILES string of the molecule is CC1(C)c2cc(-c3ccc4ccccc4c3)ccc2-c2ccc(-c3ccc(-c4ccc5c6c(cccc46)-c4ccccc4-5)c4ccccc34)cc21. The summed E-state index contributed by atoms with van der Waals surface area (Å²) in [6, 6.07) is 63.6. The van der Waals surface area contributed by atoms with Crippen LogP contribution in [-0.4, -0.2) is 0 Å². The first kappa shape index (κ1) is 28.6. The molecule has 0 amide bonds. The number of benzene rings is 9. The Balaban J connectivity index is 1.02. The molecule has 0 atom stereocenters. The van der Waals surface area contributed by atoms with E-state index < -0.39 is 0 Å². The molecule has 9 aromatic carbocycles. The van der Waals surface area contributed by atoms with Gasteiger partial charge >= 0.3 is 0 Å². The first-order chi connectivity index (χ1) is 25.0. The molecule has 0 N–H and O–H groups in total. The Morgan fingerprint density at radius 2 is 0.765 bits per heavy atom. The Labute approximate surface area is 298 Å². The van der Waals surface area contributed by atoms with Gasteiger partial charge in [0.2, 0.25) is 0 Å². The maximum absolute atomic E-state index is 2.46. The zero-order chi connectivity index (χ0) is 33.8. The van der Waals surface area contributed by atoms with E-state index in [-0.39, 0.29) is 5.41 Å². The molecule has 51 heavy (non-hydrogen) atoms. The highest BCUT2D eigenvalue weighted by atomic mass is 14.4. The van der Waals surface area contributed by atoms with E-state index in [2.05, 4.69) is 184 Å². The summed E-state index contributed by atoms with van der Waals surface area (Å²) in [4.78, 5) is 0. The van der Waals surface area contributed by atoms with Crippen molar-refractivity contribution in [2.24, 2.45) is 0 Å². The summed E-state index contributed by atoms with van der Waals surface area (Å²) < 4.78 is 0. The fourth-order valence-electron chi connectivity index (χ4n) is 9.28. The van der Waals surface area contributed by atoms with Crippen molar-refractivity contribution in [3.8, 4) is 66.8 Å². The fraction of sp³-hybridized carbons (Fsp3) is 0.0588. The molecule has 0 radical (unpaired) electrons.